The van der Waals surface area contributed by atoms with Crippen LogP contribution in [0.3, 0.4) is 0 Å². The van der Waals surface area contributed by atoms with Gasteiger partial charge in [0.15, 0.2) is 0 Å². The first-order valence-electron chi connectivity index (χ1n) is 6.85. The molecular weight excluding hydrogens is 290 g/mol. The molecule has 1 aliphatic heterocycles. The number of halogens is 1. The van der Waals surface area contributed by atoms with E-state index < -0.39 is 0 Å². The molecule has 3 heteroatoms. The first kappa shape index (κ1) is 13.9. The first-order chi connectivity index (χ1) is 8.85. The molecule has 0 aliphatic carbocycles. The lowest BCUT2D eigenvalue weighted by Gasteiger charge is -2.35. The van der Waals surface area contributed by atoms with Crippen molar-refractivity contribution in [2.75, 3.05) is 24.6 Å². The van der Waals surface area contributed by atoms with Gasteiger partial charge in [-0.2, -0.15) is 0 Å². The lowest BCUT2D eigenvalue weighted by Crippen LogP contribution is -2.40. The molecular formula is C15H22BrNO. The molecule has 0 aromatic heterocycles. The molecule has 1 unspecified atom stereocenters. The number of piperidine rings is 1. The molecule has 1 aliphatic rings. The van der Waals surface area contributed by atoms with Crippen LogP contribution in [0.4, 0.5) is 5.69 Å². The summed E-state index contributed by atoms with van der Waals surface area (Å²) in [7, 11) is 0. The standard InChI is InChI=1S/C15H22BrNO/c1-2-10-18-14-7-5-9-17(12-14)15-8-4-3-6-13(15)11-16/h3-4,6,8,14H,2,5,7,9-12H2,1H3. The minimum Gasteiger partial charge on any atom is -0.376 e. The Morgan fingerprint density at radius 3 is 3.00 bits per heavy atom. The molecule has 0 N–H and O–H groups in total. The highest BCUT2D eigenvalue weighted by atomic mass is 79.9. The van der Waals surface area contributed by atoms with Gasteiger partial charge in [0.05, 0.1) is 6.10 Å². The third-order valence-corrected chi connectivity index (χ3v) is 4.02. The average molecular weight is 312 g/mol. The zero-order chi connectivity index (χ0) is 12.8. The number of rotatable bonds is 5. The van der Waals surface area contributed by atoms with Gasteiger partial charge in [-0.25, -0.2) is 0 Å². The van der Waals surface area contributed by atoms with E-state index in [1.807, 2.05) is 0 Å². The van der Waals surface area contributed by atoms with E-state index >= 15 is 0 Å². The van der Waals surface area contributed by atoms with Crippen molar-refractivity contribution in [1.82, 2.24) is 0 Å². The van der Waals surface area contributed by atoms with Crippen molar-refractivity contribution in [3.63, 3.8) is 0 Å². The molecule has 1 heterocycles. The van der Waals surface area contributed by atoms with Gasteiger partial charge in [0.25, 0.3) is 0 Å². The third-order valence-electron chi connectivity index (χ3n) is 3.41. The van der Waals surface area contributed by atoms with Gasteiger partial charge in [-0.3, -0.25) is 0 Å². The summed E-state index contributed by atoms with van der Waals surface area (Å²) in [6.07, 6.45) is 3.94. The summed E-state index contributed by atoms with van der Waals surface area (Å²) >= 11 is 3.57. The van der Waals surface area contributed by atoms with Gasteiger partial charge in [0, 0.05) is 30.7 Å². The van der Waals surface area contributed by atoms with Crippen LogP contribution in [0.2, 0.25) is 0 Å². The summed E-state index contributed by atoms with van der Waals surface area (Å²) in [5, 5.41) is 0.917. The van der Waals surface area contributed by atoms with E-state index in [0.29, 0.717) is 6.10 Å². The van der Waals surface area contributed by atoms with E-state index in [0.717, 1.165) is 31.4 Å². The van der Waals surface area contributed by atoms with Crippen LogP contribution in [0.25, 0.3) is 0 Å². The quantitative estimate of drug-likeness (QED) is 0.763. The maximum absolute atomic E-state index is 5.90. The van der Waals surface area contributed by atoms with Crippen LogP contribution in [-0.4, -0.2) is 25.8 Å². The molecule has 1 atom stereocenters. The Hall–Kier alpha value is -0.540. The number of benzene rings is 1. The first-order valence-corrected chi connectivity index (χ1v) is 7.97. The van der Waals surface area contributed by atoms with Crippen LogP contribution >= 0.6 is 15.9 Å². The van der Waals surface area contributed by atoms with Crippen LogP contribution < -0.4 is 4.90 Å². The lowest BCUT2D eigenvalue weighted by atomic mass is 10.1. The fourth-order valence-corrected chi connectivity index (χ4v) is 2.98. The summed E-state index contributed by atoms with van der Waals surface area (Å²) in [4.78, 5) is 2.47. The zero-order valence-electron chi connectivity index (χ0n) is 11.1. The Labute approximate surface area is 118 Å². The molecule has 1 aromatic rings. The maximum atomic E-state index is 5.90. The maximum Gasteiger partial charge on any atom is 0.0750 e. The molecule has 100 valence electrons. The molecule has 2 rings (SSSR count). The Balaban J connectivity index is 2.03. The predicted molar refractivity (Wildman–Crippen MR) is 80.6 cm³/mol. The summed E-state index contributed by atoms with van der Waals surface area (Å²) in [6, 6.07) is 8.65. The summed E-state index contributed by atoms with van der Waals surface area (Å²) in [5.41, 5.74) is 2.73. The van der Waals surface area contributed by atoms with Crippen molar-refractivity contribution in [2.45, 2.75) is 37.6 Å². The van der Waals surface area contributed by atoms with E-state index in [9.17, 15) is 0 Å². The number of ether oxygens (including phenoxy) is 1. The molecule has 18 heavy (non-hydrogen) atoms. The highest BCUT2D eigenvalue weighted by Gasteiger charge is 2.21. The van der Waals surface area contributed by atoms with E-state index in [-0.39, 0.29) is 0 Å². The second kappa shape index (κ2) is 7.15. The van der Waals surface area contributed by atoms with Gasteiger partial charge in [-0.15, -0.1) is 0 Å². The van der Waals surface area contributed by atoms with Gasteiger partial charge >= 0.3 is 0 Å². The van der Waals surface area contributed by atoms with Gasteiger partial charge in [0.2, 0.25) is 0 Å². The van der Waals surface area contributed by atoms with E-state index in [4.69, 9.17) is 4.74 Å². The van der Waals surface area contributed by atoms with Gasteiger partial charge in [-0.05, 0) is 30.9 Å². The molecule has 0 spiro atoms. The SMILES string of the molecule is CCCOC1CCCN(c2ccccc2CBr)C1. The summed E-state index contributed by atoms with van der Waals surface area (Å²) in [5.74, 6) is 0. The van der Waals surface area contributed by atoms with Crippen molar-refractivity contribution in [2.24, 2.45) is 0 Å². The van der Waals surface area contributed by atoms with E-state index in [1.54, 1.807) is 0 Å². The molecule has 0 radical (unpaired) electrons. The zero-order valence-corrected chi connectivity index (χ0v) is 12.7. The molecule has 1 aromatic carbocycles. The van der Waals surface area contributed by atoms with Crippen LogP contribution in [-0.2, 0) is 10.1 Å². The molecule has 1 saturated heterocycles. The number of anilines is 1. The van der Waals surface area contributed by atoms with Crippen LogP contribution in [0, 0.1) is 0 Å². The topological polar surface area (TPSA) is 12.5 Å². The summed E-state index contributed by atoms with van der Waals surface area (Å²) in [6.45, 7) is 5.24. The van der Waals surface area contributed by atoms with Crippen molar-refractivity contribution in [3.05, 3.63) is 29.8 Å². The molecule has 0 saturated carbocycles. The highest BCUT2D eigenvalue weighted by molar-refractivity contribution is 9.08. The molecule has 0 amide bonds. The Morgan fingerprint density at radius 2 is 2.22 bits per heavy atom. The van der Waals surface area contributed by atoms with E-state index in [1.165, 1.54) is 24.1 Å². The van der Waals surface area contributed by atoms with E-state index in [2.05, 4.69) is 52.0 Å². The number of alkyl halides is 1. The largest absolute Gasteiger partial charge is 0.376 e. The molecule has 1 fully saturated rings. The third kappa shape index (κ3) is 3.48. The number of hydrogen-bond acceptors (Lipinski definition) is 2. The van der Waals surface area contributed by atoms with Crippen molar-refractivity contribution in [1.29, 1.82) is 0 Å². The predicted octanol–water partition coefficient (Wildman–Crippen LogP) is 3.98. The fourth-order valence-electron chi connectivity index (χ4n) is 2.51. The highest BCUT2D eigenvalue weighted by Crippen LogP contribution is 2.26. The normalized spacial score (nSPS) is 20.1. The lowest BCUT2D eigenvalue weighted by molar-refractivity contribution is 0.0440. The van der Waals surface area contributed by atoms with Crippen molar-refractivity contribution in [3.8, 4) is 0 Å². The minimum atomic E-state index is 0.405. The van der Waals surface area contributed by atoms with Crippen molar-refractivity contribution < 1.29 is 4.74 Å². The monoisotopic (exact) mass is 311 g/mol. The number of para-hydroxylation sites is 1. The van der Waals surface area contributed by atoms with Gasteiger partial charge in [-0.1, -0.05) is 41.1 Å². The molecule has 2 nitrogen and oxygen atoms in total. The van der Waals surface area contributed by atoms with Crippen LogP contribution in [0.5, 0.6) is 0 Å². The minimum absolute atomic E-state index is 0.405. The average Bonchev–Trinajstić information content (AvgIpc) is 2.45. The number of nitrogens with zero attached hydrogens (tertiary/aromatic N) is 1. The van der Waals surface area contributed by atoms with Gasteiger partial charge in [0.1, 0.15) is 0 Å². The Kier molecular flexibility index (Phi) is 5.51. The van der Waals surface area contributed by atoms with Crippen molar-refractivity contribution >= 4 is 21.6 Å². The number of hydrogen-bond donors (Lipinski definition) is 0. The smallest absolute Gasteiger partial charge is 0.0750 e. The van der Waals surface area contributed by atoms with Crippen LogP contribution in [0.1, 0.15) is 31.7 Å². The second-order valence-electron chi connectivity index (χ2n) is 4.84. The Bertz CT molecular complexity index is 369. The second-order valence-corrected chi connectivity index (χ2v) is 5.40. The fraction of sp³-hybridized carbons (Fsp3) is 0.600. The Morgan fingerprint density at radius 1 is 1.39 bits per heavy atom. The molecule has 0 bridgehead atoms. The van der Waals surface area contributed by atoms with Crippen LogP contribution in [0.15, 0.2) is 24.3 Å². The van der Waals surface area contributed by atoms with Gasteiger partial charge < -0.3 is 9.64 Å². The summed E-state index contributed by atoms with van der Waals surface area (Å²) < 4.78 is 5.90.